The summed E-state index contributed by atoms with van der Waals surface area (Å²) in [6.07, 6.45) is 3.67. The number of nitrogens with zero attached hydrogens (tertiary/aromatic N) is 2. The average Bonchev–Trinajstić information content (AvgIpc) is 2.73. The molecule has 0 bridgehead atoms. The average molecular weight is 259 g/mol. The van der Waals surface area contributed by atoms with Crippen molar-refractivity contribution in [3.63, 3.8) is 0 Å². The third-order valence-electron chi connectivity index (χ3n) is 2.95. The Morgan fingerprint density at radius 1 is 1.32 bits per heavy atom. The molecule has 0 unspecified atom stereocenters. The molecule has 0 atom stereocenters. The van der Waals surface area contributed by atoms with Crippen LogP contribution >= 0.6 is 0 Å². The fourth-order valence-corrected chi connectivity index (χ4v) is 1.94. The van der Waals surface area contributed by atoms with Crippen LogP contribution in [-0.4, -0.2) is 20.2 Å². The Morgan fingerprint density at radius 2 is 2.05 bits per heavy atom. The molecule has 0 saturated heterocycles. The van der Waals surface area contributed by atoms with Gasteiger partial charge in [0.2, 0.25) is 0 Å². The molecule has 0 radical (unpaired) electrons. The number of phenolic OH excluding ortho intramolecular Hbond substituents is 1. The second-order valence-electron chi connectivity index (χ2n) is 5.83. The molecule has 2 rings (SSSR count). The SMILES string of the molecule is Cc1cc(O)ccc1-n1cncc1CNC(C)(C)C. The Kier molecular flexibility index (Phi) is 3.62. The van der Waals surface area contributed by atoms with Crippen LogP contribution in [0.5, 0.6) is 5.75 Å². The molecule has 2 aromatic rings. The van der Waals surface area contributed by atoms with Crippen LogP contribution in [0.4, 0.5) is 0 Å². The van der Waals surface area contributed by atoms with Crippen LogP contribution in [0.1, 0.15) is 32.0 Å². The number of imidazole rings is 1. The van der Waals surface area contributed by atoms with Crippen molar-refractivity contribution in [1.82, 2.24) is 14.9 Å². The smallest absolute Gasteiger partial charge is 0.115 e. The Morgan fingerprint density at radius 3 is 2.68 bits per heavy atom. The zero-order valence-corrected chi connectivity index (χ0v) is 11.9. The van der Waals surface area contributed by atoms with Gasteiger partial charge in [-0.1, -0.05) is 0 Å². The summed E-state index contributed by atoms with van der Waals surface area (Å²) in [7, 11) is 0. The van der Waals surface area contributed by atoms with Crippen molar-refractivity contribution in [3.05, 3.63) is 42.0 Å². The number of phenols is 1. The van der Waals surface area contributed by atoms with Gasteiger partial charge in [0.25, 0.3) is 0 Å². The lowest BCUT2D eigenvalue weighted by Gasteiger charge is -2.21. The minimum Gasteiger partial charge on any atom is -0.508 e. The van der Waals surface area contributed by atoms with Crippen LogP contribution in [0.15, 0.2) is 30.7 Å². The first-order chi connectivity index (χ1) is 8.87. The van der Waals surface area contributed by atoms with Crippen molar-refractivity contribution in [1.29, 1.82) is 0 Å². The summed E-state index contributed by atoms with van der Waals surface area (Å²) < 4.78 is 2.05. The van der Waals surface area contributed by atoms with Gasteiger partial charge < -0.3 is 15.0 Å². The van der Waals surface area contributed by atoms with E-state index in [2.05, 4.69) is 31.1 Å². The Labute approximate surface area is 114 Å². The highest BCUT2D eigenvalue weighted by atomic mass is 16.3. The van der Waals surface area contributed by atoms with E-state index in [0.29, 0.717) is 0 Å². The molecule has 1 heterocycles. The predicted molar refractivity (Wildman–Crippen MR) is 76.6 cm³/mol. The van der Waals surface area contributed by atoms with Crippen LogP contribution in [0.3, 0.4) is 0 Å². The number of hydrogen-bond donors (Lipinski definition) is 2. The minimum absolute atomic E-state index is 0.0686. The molecule has 0 amide bonds. The molecule has 0 aliphatic heterocycles. The highest BCUT2D eigenvalue weighted by Gasteiger charge is 2.12. The number of aromatic nitrogens is 2. The van der Waals surface area contributed by atoms with Crippen molar-refractivity contribution in [2.24, 2.45) is 0 Å². The summed E-state index contributed by atoms with van der Waals surface area (Å²) in [5.41, 5.74) is 3.23. The maximum absolute atomic E-state index is 9.48. The summed E-state index contributed by atoms with van der Waals surface area (Å²) in [5.74, 6) is 0.288. The Bertz CT molecular complexity index is 567. The number of hydrogen-bond acceptors (Lipinski definition) is 3. The molecule has 0 saturated carbocycles. The van der Waals surface area contributed by atoms with E-state index in [1.54, 1.807) is 18.5 Å². The third-order valence-corrected chi connectivity index (χ3v) is 2.95. The summed E-state index contributed by atoms with van der Waals surface area (Å²) in [5, 5.41) is 12.9. The van der Waals surface area contributed by atoms with Gasteiger partial charge >= 0.3 is 0 Å². The Balaban J connectivity index is 2.28. The number of benzene rings is 1. The number of rotatable bonds is 3. The van der Waals surface area contributed by atoms with Gasteiger partial charge in [0, 0.05) is 24.0 Å². The van der Waals surface area contributed by atoms with Gasteiger partial charge in [-0.3, -0.25) is 0 Å². The van der Waals surface area contributed by atoms with E-state index in [0.717, 1.165) is 23.5 Å². The summed E-state index contributed by atoms with van der Waals surface area (Å²) in [4.78, 5) is 4.22. The number of aryl methyl sites for hydroxylation is 1. The van der Waals surface area contributed by atoms with Gasteiger partial charge in [-0.2, -0.15) is 0 Å². The van der Waals surface area contributed by atoms with Crippen molar-refractivity contribution in [2.75, 3.05) is 0 Å². The molecule has 102 valence electrons. The lowest BCUT2D eigenvalue weighted by molar-refractivity contribution is 0.419. The highest BCUT2D eigenvalue weighted by Crippen LogP contribution is 2.21. The summed E-state index contributed by atoms with van der Waals surface area (Å²) in [6.45, 7) is 9.15. The first-order valence-corrected chi connectivity index (χ1v) is 6.43. The zero-order valence-electron chi connectivity index (χ0n) is 11.9. The van der Waals surface area contributed by atoms with Crippen molar-refractivity contribution in [2.45, 2.75) is 39.8 Å². The summed E-state index contributed by atoms with van der Waals surface area (Å²) >= 11 is 0. The van der Waals surface area contributed by atoms with Crippen LogP contribution in [0.2, 0.25) is 0 Å². The maximum atomic E-state index is 9.48. The van der Waals surface area contributed by atoms with Crippen LogP contribution in [0, 0.1) is 6.92 Å². The first kappa shape index (κ1) is 13.6. The van der Waals surface area contributed by atoms with E-state index >= 15 is 0 Å². The van der Waals surface area contributed by atoms with Gasteiger partial charge in [-0.05, 0) is 51.5 Å². The summed E-state index contributed by atoms with van der Waals surface area (Å²) in [6, 6.07) is 5.37. The van der Waals surface area contributed by atoms with E-state index < -0.39 is 0 Å². The zero-order chi connectivity index (χ0) is 14.0. The largest absolute Gasteiger partial charge is 0.508 e. The number of aromatic hydroxyl groups is 1. The number of nitrogens with one attached hydrogen (secondary N) is 1. The van der Waals surface area contributed by atoms with E-state index in [4.69, 9.17) is 0 Å². The van der Waals surface area contributed by atoms with Crippen molar-refractivity contribution < 1.29 is 5.11 Å². The molecule has 4 nitrogen and oxygen atoms in total. The molecular weight excluding hydrogens is 238 g/mol. The van der Waals surface area contributed by atoms with Gasteiger partial charge in [0.1, 0.15) is 5.75 Å². The molecule has 0 spiro atoms. The van der Waals surface area contributed by atoms with Crippen molar-refractivity contribution in [3.8, 4) is 11.4 Å². The lowest BCUT2D eigenvalue weighted by atomic mass is 10.1. The third kappa shape index (κ3) is 3.35. The van der Waals surface area contributed by atoms with Gasteiger partial charge in [0.05, 0.1) is 12.0 Å². The molecule has 0 fully saturated rings. The molecule has 1 aromatic heterocycles. The topological polar surface area (TPSA) is 50.1 Å². The second kappa shape index (κ2) is 5.05. The molecule has 2 N–H and O–H groups in total. The van der Waals surface area contributed by atoms with E-state index in [-0.39, 0.29) is 11.3 Å². The van der Waals surface area contributed by atoms with Crippen molar-refractivity contribution >= 4 is 0 Å². The fourth-order valence-electron chi connectivity index (χ4n) is 1.94. The van der Waals surface area contributed by atoms with Gasteiger partial charge in [0.15, 0.2) is 0 Å². The van der Waals surface area contributed by atoms with E-state index in [1.807, 2.05) is 23.8 Å². The van der Waals surface area contributed by atoms with Crippen LogP contribution < -0.4 is 5.32 Å². The van der Waals surface area contributed by atoms with Gasteiger partial charge in [-0.15, -0.1) is 0 Å². The van der Waals surface area contributed by atoms with E-state index in [1.165, 1.54) is 0 Å². The lowest BCUT2D eigenvalue weighted by Crippen LogP contribution is -2.35. The first-order valence-electron chi connectivity index (χ1n) is 6.43. The van der Waals surface area contributed by atoms with E-state index in [9.17, 15) is 5.11 Å². The standard InChI is InChI=1S/C15H21N3O/c1-11-7-13(19)5-6-14(11)18-10-16-8-12(18)9-17-15(2,3)4/h5-8,10,17,19H,9H2,1-4H3. The normalized spacial score (nSPS) is 11.8. The quantitative estimate of drug-likeness (QED) is 0.891. The fraction of sp³-hybridized carbons (Fsp3) is 0.400. The van der Waals surface area contributed by atoms with Gasteiger partial charge in [-0.25, -0.2) is 4.98 Å². The minimum atomic E-state index is 0.0686. The van der Waals surface area contributed by atoms with Crippen LogP contribution in [-0.2, 0) is 6.54 Å². The predicted octanol–water partition coefficient (Wildman–Crippen LogP) is 2.77. The molecule has 1 aromatic carbocycles. The Hall–Kier alpha value is -1.81. The highest BCUT2D eigenvalue weighted by molar-refractivity contribution is 5.45. The molecule has 4 heteroatoms. The van der Waals surface area contributed by atoms with Crippen LogP contribution in [0.25, 0.3) is 5.69 Å². The molecule has 0 aliphatic carbocycles. The molecule has 0 aliphatic rings. The molecular formula is C15H21N3O. The second-order valence-corrected chi connectivity index (χ2v) is 5.83. The maximum Gasteiger partial charge on any atom is 0.115 e. The monoisotopic (exact) mass is 259 g/mol. The molecule has 19 heavy (non-hydrogen) atoms.